The molecule has 0 heteroatoms. The van der Waals surface area contributed by atoms with Crippen molar-refractivity contribution in [3.8, 4) is 0 Å². The Morgan fingerprint density at radius 1 is 0.346 bits per heavy atom. The molecule has 26 heavy (non-hydrogen) atoms. The highest BCUT2D eigenvalue weighted by atomic mass is 14.2. The van der Waals surface area contributed by atoms with E-state index in [4.69, 9.17) is 0 Å². The lowest BCUT2D eigenvalue weighted by atomic mass is 9.89. The molecule has 0 amide bonds. The second kappa shape index (κ2) is 16.0. The van der Waals surface area contributed by atoms with Crippen LogP contribution in [0.4, 0.5) is 0 Å². The van der Waals surface area contributed by atoms with Gasteiger partial charge in [-0.2, -0.15) is 0 Å². The Labute approximate surface area is 168 Å². The summed E-state index contributed by atoms with van der Waals surface area (Å²) in [7, 11) is 0. The predicted molar refractivity (Wildman–Crippen MR) is 122 cm³/mol. The van der Waals surface area contributed by atoms with E-state index in [1.165, 1.54) is 77.0 Å². The van der Waals surface area contributed by atoms with Crippen LogP contribution in [-0.4, -0.2) is 0 Å². The van der Waals surface area contributed by atoms with Crippen molar-refractivity contribution >= 4 is 0 Å². The molecule has 4 unspecified atom stereocenters. The predicted octanol–water partition coefficient (Wildman–Crippen LogP) is 9.52. The molecule has 0 fully saturated rings. The first-order valence-electron chi connectivity index (χ1n) is 12.2. The van der Waals surface area contributed by atoms with Gasteiger partial charge in [-0.05, 0) is 48.3 Å². The van der Waals surface area contributed by atoms with E-state index in [9.17, 15) is 0 Å². The Morgan fingerprint density at radius 2 is 0.615 bits per heavy atom. The molecule has 4 atom stereocenters. The van der Waals surface area contributed by atoms with Gasteiger partial charge in [-0.25, -0.2) is 0 Å². The molecule has 0 nitrogen and oxygen atoms in total. The Bertz CT molecular complexity index is 260. The van der Waals surface area contributed by atoms with Gasteiger partial charge in [-0.1, -0.05) is 120 Å². The van der Waals surface area contributed by atoms with Crippen LogP contribution in [0, 0.1) is 35.5 Å². The molecule has 0 bridgehead atoms. The lowest BCUT2D eigenvalue weighted by Gasteiger charge is -2.17. The average Bonchev–Trinajstić information content (AvgIpc) is 2.50. The van der Waals surface area contributed by atoms with Gasteiger partial charge >= 0.3 is 0 Å². The molecule has 158 valence electrons. The van der Waals surface area contributed by atoms with Gasteiger partial charge in [-0.3, -0.25) is 0 Å². The minimum absolute atomic E-state index is 0.864. The molecule has 0 rings (SSSR count). The minimum atomic E-state index is 0.864. The number of hydrogen-bond acceptors (Lipinski definition) is 0. The van der Waals surface area contributed by atoms with E-state index in [0.29, 0.717) is 0 Å². The van der Waals surface area contributed by atoms with E-state index in [1.807, 2.05) is 0 Å². The highest BCUT2D eigenvalue weighted by Gasteiger charge is 2.09. The van der Waals surface area contributed by atoms with Crippen LogP contribution in [0.1, 0.15) is 132 Å². The van der Waals surface area contributed by atoms with Crippen molar-refractivity contribution in [1.82, 2.24) is 0 Å². The lowest BCUT2D eigenvalue weighted by Crippen LogP contribution is -2.03. The summed E-state index contributed by atoms with van der Waals surface area (Å²) in [6.07, 6.45) is 17.3. The molecular weight excluding hydrogens is 312 g/mol. The molecule has 0 aliphatic carbocycles. The van der Waals surface area contributed by atoms with E-state index < -0.39 is 0 Å². The smallest absolute Gasteiger partial charge is 0.0440 e. The van der Waals surface area contributed by atoms with Gasteiger partial charge < -0.3 is 0 Å². The second-order valence-corrected chi connectivity index (χ2v) is 10.8. The van der Waals surface area contributed by atoms with Crippen LogP contribution in [0.5, 0.6) is 0 Å². The topological polar surface area (TPSA) is 0 Å². The summed E-state index contributed by atoms with van der Waals surface area (Å²) in [6.45, 7) is 19.3. The third kappa shape index (κ3) is 17.4. The van der Waals surface area contributed by atoms with Crippen LogP contribution in [0.25, 0.3) is 0 Å². The van der Waals surface area contributed by atoms with Gasteiger partial charge in [0.1, 0.15) is 0 Å². The highest BCUT2D eigenvalue weighted by Crippen LogP contribution is 2.24. The maximum absolute atomic E-state index is 2.48. The summed E-state index contributed by atoms with van der Waals surface area (Å²) < 4.78 is 0. The normalized spacial score (nSPS) is 16.8. The number of unbranched alkanes of at least 4 members (excludes halogenated alkanes) is 1. The summed E-state index contributed by atoms with van der Waals surface area (Å²) >= 11 is 0. The summed E-state index contributed by atoms with van der Waals surface area (Å²) in [5.74, 6) is 5.45. The first-order valence-corrected chi connectivity index (χ1v) is 12.2. The monoisotopic (exact) mass is 366 g/mol. The molecule has 0 aromatic heterocycles. The van der Waals surface area contributed by atoms with E-state index in [-0.39, 0.29) is 0 Å². The van der Waals surface area contributed by atoms with Crippen molar-refractivity contribution in [3.63, 3.8) is 0 Å². The maximum Gasteiger partial charge on any atom is -0.0440 e. The van der Waals surface area contributed by atoms with Crippen LogP contribution in [-0.2, 0) is 0 Å². The zero-order chi connectivity index (χ0) is 19.9. The molecule has 0 aromatic carbocycles. The lowest BCUT2D eigenvalue weighted by molar-refractivity contribution is 0.358. The Hall–Kier alpha value is 0. The molecule has 0 aromatic rings. The summed E-state index contributed by atoms with van der Waals surface area (Å²) in [5, 5.41) is 0. The fourth-order valence-corrected chi connectivity index (χ4v) is 4.75. The minimum Gasteiger partial charge on any atom is -0.0628 e. The maximum atomic E-state index is 2.48. The van der Waals surface area contributed by atoms with E-state index >= 15 is 0 Å². The largest absolute Gasteiger partial charge is 0.0628 e. The van der Waals surface area contributed by atoms with Gasteiger partial charge in [0.05, 0.1) is 0 Å². The Balaban J connectivity index is 3.54. The fourth-order valence-electron chi connectivity index (χ4n) is 4.75. The van der Waals surface area contributed by atoms with Crippen LogP contribution in [0.15, 0.2) is 0 Å². The van der Waals surface area contributed by atoms with Crippen LogP contribution < -0.4 is 0 Å². The van der Waals surface area contributed by atoms with Gasteiger partial charge in [-0.15, -0.1) is 0 Å². The van der Waals surface area contributed by atoms with E-state index in [0.717, 1.165) is 35.5 Å². The SMILES string of the molecule is CC(C)CC(C)CCCC(C)CCCCC(C)CCCC(C)CC(C)C. The van der Waals surface area contributed by atoms with Gasteiger partial charge in [0, 0.05) is 0 Å². The van der Waals surface area contributed by atoms with E-state index in [1.54, 1.807) is 0 Å². The first kappa shape index (κ1) is 26.0. The third-order valence-corrected chi connectivity index (χ3v) is 6.18. The van der Waals surface area contributed by atoms with Crippen molar-refractivity contribution in [3.05, 3.63) is 0 Å². The molecule has 0 aliphatic heterocycles. The van der Waals surface area contributed by atoms with Crippen LogP contribution >= 0.6 is 0 Å². The molecule has 0 spiro atoms. The zero-order valence-electron chi connectivity index (χ0n) is 19.9. The van der Waals surface area contributed by atoms with Gasteiger partial charge in [0.2, 0.25) is 0 Å². The van der Waals surface area contributed by atoms with Crippen LogP contribution in [0.3, 0.4) is 0 Å². The first-order chi connectivity index (χ1) is 12.2. The fraction of sp³-hybridized carbons (Fsp3) is 1.00. The zero-order valence-corrected chi connectivity index (χ0v) is 19.9. The van der Waals surface area contributed by atoms with Crippen molar-refractivity contribution < 1.29 is 0 Å². The molecule has 0 saturated carbocycles. The standard InChI is InChI=1S/C26H54/c1-21(2)19-25(7)17-11-15-23(5)13-9-10-14-24(6)16-12-18-26(8)20-22(3)4/h21-26H,9-20H2,1-8H3. The molecule has 0 radical (unpaired) electrons. The molecule has 0 aliphatic rings. The summed E-state index contributed by atoms with van der Waals surface area (Å²) in [4.78, 5) is 0. The molecule has 0 saturated heterocycles. The second-order valence-electron chi connectivity index (χ2n) is 10.8. The van der Waals surface area contributed by atoms with E-state index in [2.05, 4.69) is 55.4 Å². The summed E-state index contributed by atoms with van der Waals surface area (Å²) in [6, 6.07) is 0. The van der Waals surface area contributed by atoms with Gasteiger partial charge in [0.25, 0.3) is 0 Å². The quantitative estimate of drug-likeness (QED) is 0.225. The van der Waals surface area contributed by atoms with Gasteiger partial charge in [0.15, 0.2) is 0 Å². The van der Waals surface area contributed by atoms with Crippen molar-refractivity contribution in [1.29, 1.82) is 0 Å². The highest BCUT2D eigenvalue weighted by molar-refractivity contribution is 4.62. The molecule has 0 N–H and O–H groups in total. The number of rotatable bonds is 17. The third-order valence-electron chi connectivity index (χ3n) is 6.18. The summed E-state index contributed by atoms with van der Waals surface area (Å²) in [5.41, 5.74) is 0. The van der Waals surface area contributed by atoms with Crippen molar-refractivity contribution in [2.24, 2.45) is 35.5 Å². The van der Waals surface area contributed by atoms with Crippen molar-refractivity contribution in [2.45, 2.75) is 132 Å². The number of hydrogen-bond donors (Lipinski definition) is 0. The Morgan fingerprint density at radius 3 is 0.923 bits per heavy atom. The molecule has 0 heterocycles. The van der Waals surface area contributed by atoms with Crippen molar-refractivity contribution in [2.75, 3.05) is 0 Å². The Kier molecular flexibility index (Phi) is 16.0. The van der Waals surface area contributed by atoms with Crippen LogP contribution in [0.2, 0.25) is 0 Å². The molecular formula is C26H54. The average molecular weight is 367 g/mol.